The molecule has 0 aromatic carbocycles. The number of nitrogens with zero attached hydrogens (tertiary/aromatic N) is 2. The second-order valence-electron chi connectivity index (χ2n) is 4.32. The third kappa shape index (κ3) is 3.70. The van der Waals surface area contributed by atoms with Gasteiger partial charge in [0.1, 0.15) is 0 Å². The third-order valence-electron chi connectivity index (χ3n) is 2.83. The first-order chi connectivity index (χ1) is 8.06. The molecule has 3 heteroatoms. The van der Waals surface area contributed by atoms with Crippen LogP contribution in [0.4, 0.5) is 0 Å². The molecule has 17 heavy (non-hydrogen) atoms. The Labute approximate surface area is 104 Å². The number of nitrogens with two attached hydrogens (primary N) is 1. The lowest BCUT2D eigenvalue weighted by atomic mass is 9.86. The minimum Gasteiger partial charge on any atom is -0.368 e. The van der Waals surface area contributed by atoms with Gasteiger partial charge in [0.05, 0.1) is 6.54 Å². The molecule has 0 bridgehead atoms. The smallest absolute Gasteiger partial charge is 0.215 e. The fourth-order valence-corrected chi connectivity index (χ4v) is 2.11. The van der Waals surface area contributed by atoms with Crippen molar-refractivity contribution in [2.24, 2.45) is 21.6 Å². The lowest BCUT2D eigenvalue weighted by Gasteiger charge is -2.20. The van der Waals surface area contributed by atoms with Crippen LogP contribution in [0.3, 0.4) is 0 Å². The maximum Gasteiger partial charge on any atom is 0.215 e. The molecule has 0 amide bonds. The van der Waals surface area contributed by atoms with E-state index in [-0.39, 0.29) is 0 Å². The Morgan fingerprint density at radius 3 is 2.94 bits per heavy atom. The van der Waals surface area contributed by atoms with Crippen LogP contribution in [0.25, 0.3) is 0 Å². The third-order valence-corrected chi connectivity index (χ3v) is 2.83. The van der Waals surface area contributed by atoms with Gasteiger partial charge in [0.2, 0.25) is 5.96 Å². The van der Waals surface area contributed by atoms with Crippen LogP contribution >= 0.6 is 0 Å². The van der Waals surface area contributed by atoms with E-state index in [1.807, 2.05) is 6.92 Å². The maximum absolute atomic E-state index is 5.73. The van der Waals surface area contributed by atoms with Crippen LogP contribution in [-0.2, 0) is 0 Å². The van der Waals surface area contributed by atoms with Gasteiger partial charge in [0.15, 0.2) is 0 Å². The molecule has 1 aliphatic carbocycles. The molecule has 0 saturated carbocycles. The molecule has 92 valence electrons. The Balaban J connectivity index is 2.95. The fourth-order valence-electron chi connectivity index (χ4n) is 2.11. The van der Waals surface area contributed by atoms with Crippen LogP contribution in [0.2, 0.25) is 0 Å². The average Bonchev–Trinajstić information content (AvgIpc) is 2.26. The van der Waals surface area contributed by atoms with E-state index in [4.69, 9.17) is 5.73 Å². The van der Waals surface area contributed by atoms with Crippen molar-refractivity contribution in [1.82, 2.24) is 0 Å². The molecule has 1 rings (SSSR count). The van der Waals surface area contributed by atoms with E-state index >= 15 is 0 Å². The van der Waals surface area contributed by atoms with E-state index in [1.165, 1.54) is 11.1 Å². The standard InChI is InChI=1S/C14H21N3/c1-5-9-16-14(15)17-12(4)13-10(2)7-6-8-11(13)3/h5-7,11H,1,8-9H2,2-4H3,(H2,15,16). The highest BCUT2D eigenvalue weighted by molar-refractivity contribution is 6.06. The predicted octanol–water partition coefficient (Wildman–Crippen LogP) is 2.86. The van der Waals surface area contributed by atoms with Crippen LogP contribution in [0, 0.1) is 5.92 Å². The molecule has 0 aliphatic heterocycles. The molecule has 2 N–H and O–H groups in total. The molecule has 0 fully saturated rings. The molecule has 0 aromatic rings. The highest BCUT2D eigenvalue weighted by atomic mass is 15.0. The number of rotatable bonds is 3. The summed E-state index contributed by atoms with van der Waals surface area (Å²) in [5, 5.41) is 0. The molecule has 1 atom stereocenters. The van der Waals surface area contributed by atoms with E-state index in [9.17, 15) is 0 Å². The van der Waals surface area contributed by atoms with Gasteiger partial charge in [-0.2, -0.15) is 0 Å². The van der Waals surface area contributed by atoms with Gasteiger partial charge in [-0.3, -0.25) is 0 Å². The second-order valence-corrected chi connectivity index (χ2v) is 4.32. The van der Waals surface area contributed by atoms with Gasteiger partial charge in [-0.05, 0) is 37.3 Å². The summed E-state index contributed by atoms with van der Waals surface area (Å²) >= 11 is 0. The van der Waals surface area contributed by atoms with Crippen molar-refractivity contribution in [1.29, 1.82) is 0 Å². The first-order valence-electron chi connectivity index (χ1n) is 5.90. The van der Waals surface area contributed by atoms with E-state index in [1.54, 1.807) is 6.08 Å². The van der Waals surface area contributed by atoms with Gasteiger partial charge in [0.25, 0.3) is 0 Å². The van der Waals surface area contributed by atoms with E-state index in [2.05, 4.69) is 42.6 Å². The average molecular weight is 231 g/mol. The van der Waals surface area contributed by atoms with Crippen molar-refractivity contribution in [2.75, 3.05) is 6.54 Å². The molecule has 3 nitrogen and oxygen atoms in total. The largest absolute Gasteiger partial charge is 0.368 e. The highest BCUT2D eigenvalue weighted by Crippen LogP contribution is 2.25. The molecular weight excluding hydrogens is 210 g/mol. The quantitative estimate of drug-likeness (QED) is 0.453. The summed E-state index contributed by atoms with van der Waals surface area (Å²) in [6.07, 6.45) is 7.11. The first-order valence-corrected chi connectivity index (χ1v) is 5.90. The summed E-state index contributed by atoms with van der Waals surface area (Å²) in [4.78, 5) is 8.42. The van der Waals surface area contributed by atoms with Gasteiger partial charge < -0.3 is 5.73 Å². The molecule has 0 aromatic heterocycles. The highest BCUT2D eigenvalue weighted by Gasteiger charge is 2.16. The fraction of sp³-hybridized carbons (Fsp3) is 0.429. The lowest BCUT2D eigenvalue weighted by molar-refractivity contribution is 0.704. The number of aliphatic imine (C=N–C) groups is 2. The van der Waals surface area contributed by atoms with Gasteiger partial charge in [-0.25, -0.2) is 9.98 Å². The van der Waals surface area contributed by atoms with E-state index in [0.717, 1.165) is 12.1 Å². The number of allylic oxidation sites excluding steroid dienone is 4. The van der Waals surface area contributed by atoms with Crippen LogP contribution in [0.5, 0.6) is 0 Å². The molecule has 1 aliphatic rings. The summed E-state index contributed by atoms with van der Waals surface area (Å²) in [5.41, 5.74) is 9.24. The predicted molar refractivity (Wildman–Crippen MR) is 75.4 cm³/mol. The van der Waals surface area contributed by atoms with Crippen LogP contribution in [0.15, 0.2) is 45.9 Å². The Bertz CT molecular complexity index is 411. The van der Waals surface area contributed by atoms with Crippen molar-refractivity contribution in [3.05, 3.63) is 36.0 Å². The Kier molecular flexibility index (Phi) is 4.88. The lowest BCUT2D eigenvalue weighted by Crippen LogP contribution is -2.17. The number of guanidine groups is 1. The summed E-state index contributed by atoms with van der Waals surface area (Å²) < 4.78 is 0. The summed E-state index contributed by atoms with van der Waals surface area (Å²) in [5.74, 6) is 0.820. The molecule has 0 spiro atoms. The van der Waals surface area contributed by atoms with E-state index in [0.29, 0.717) is 18.4 Å². The maximum atomic E-state index is 5.73. The second kappa shape index (κ2) is 6.18. The summed E-state index contributed by atoms with van der Waals surface area (Å²) in [6, 6.07) is 0. The molecular formula is C14H21N3. The SMILES string of the molecule is C=CCN=C(N)N=C(C)C1=C(C)C=CCC1C. The normalized spacial score (nSPS) is 21.9. The van der Waals surface area contributed by atoms with Crippen molar-refractivity contribution in [3.8, 4) is 0 Å². The molecule has 0 radical (unpaired) electrons. The van der Waals surface area contributed by atoms with Crippen molar-refractivity contribution >= 4 is 11.7 Å². The summed E-state index contributed by atoms with van der Waals surface area (Å²) in [6.45, 7) is 10.4. The Morgan fingerprint density at radius 1 is 1.65 bits per heavy atom. The monoisotopic (exact) mass is 231 g/mol. The Morgan fingerprint density at radius 2 is 2.35 bits per heavy atom. The van der Waals surface area contributed by atoms with Crippen molar-refractivity contribution in [2.45, 2.75) is 27.2 Å². The molecule has 0 saturated heterocycles. The first kappa shape index (κ1) is 13.4. The van der Waals surface area contributed by atoms with Crippen molar-refractivity contribution < 1.29 is 0 Å². The molecule has 1 unspecified atom stereocenters. The zero-order valence-electron chi connectivity index (χ0n) is 10.9. The Hall–Kier alpha value is -1.64. The van der Waals surface area contributed by atoms with Crippen molar-refractivity contribution in [3.63, 3.8) is 0 Å². The topological polar surface area (TPSA) is 50.7 Å². The number of hydrogen-bond donors (Lipinski definition) is 1. The van der Waals surface area contributed by atoms with Gasteiger partial charge in [0, 0.05) is 5.71 Å². The van der Waals surface area contributed by atoms with Gasteiger partial charge >= 0.3 is 0 Å². The van der Waals surface area contributed by atoms with Gasteiger partial charge in [-0.15, -0.1) is 6.58 Å². The molecule has 0 heterocycles. The van der Waals surface area contributed by atoms with Crippen LogP contribution in [-0.4, -0.2) is 18.2 Å². The number of hydrogen-bond acceptors (Lipinski definition) is 1. The minimum atomic E-state index is 0.324. The minimum absolute atomic E-state index is 0.324. The zero-order valence-corrected chi connectivity index (χ0v) is 10.9. The van der Waals surface area contributed by atoms with Gasteiger partial charge in [-0.1, -0.05) is 25.2 Å². The van der Waals surface area contributed by atoms with Crippen LogP contribution in [0.1, 0.15) is 27.2 Å². The zero-order chi connectivity index (χ0) is 12.8. The van der Waals surface area contributed by atoms with Crippen LogP contribution < -0.4 is 5.73 Å². The summed E-state index contributed by atoms with van der Waals surface area (Å²) in [7, 11) is 0. The van der Waals surface area contributed by atoms with E-state index < -0.39 is 0 Å².